The summed E-state index contributed by atoms with van der Waals surface area (Å²) in [5.74, 6) is 0.000556. The molecule has 0 bridgehead atoms. The zero-order chi connectivity index (χ0) is 13.8. The summed E-state index contributed by atoms with van der Waals surface area (Å²) in [7, 11) is 0. The maximum atomic E-state index is 12.1. The third-order valence-corrected chi connectivity index (χ3v) is 3.75. The monoisotopic (exact) mass is 317 g/mol. The molecule has 0 fully saturated rings. The molecule has 0 atom stereocenters. The molecular weight excluding hydrogens is 302 g/mol. The fourth-order valence-corrected chi connectivity index (χ4v) is 2.30. The van der Waals surface area contributed by atoms with Gasteiger partial charge in [0.15, 0.2) is 0 Å². The molecule has 0 radical (unpaired) electrons. The first-order valence-corrected chi connectivity index (χ1v) is 6.96. The van der Waals surface area contributed by atoms with Crippen LogP contribution in [0.5, 0.6) is 0 Å². The first-order valence-electron chi connectivity index (χ1n) is 6.17. The summed E-state index contributed by atoms with van der Waals surface area (Å²) in [4.78, 5) is 12.1. The van der Waals surface area contributed by atoms with Gasteiger partial charge in [0.05, 0.1) is 6.42 Å². The van der Waals surface area contributed by atoms with Gasteiger partial charge in [0.1, 0.15) is 0 Å². The lowest BCUT2D eigenvalue weighted by atomic mass is 10.1. The highest BCUT2D eigenvalue weighted by Gasteiger charge is 2.08. The van der Waals surface area contributed by atoms with E-state index in [1.54, 1.807) is 0 Å². The fourth-order valence-electron chi connectivity index (χ4n) is 1.88. The number of nitrogens with one attached hydrogen (secondary N) is 1. The molecular formula is C16H16BrNO. The van der Waals surface area contributed by atoms with Gasteiger partial charge in [-0.3, -0.25) is 4.79 Å². The first kappa shape index (κ1) is 13.8. The SMILES string of the molecule is Cc1ccc(C)c(NC(=O)Cc2ccccc2Br)c1. The summed E-state index contributed by atoms with van der Waals surface area (Å²) in [5.41, 5.74) is 4.09. The molecule has 0 aliphatic rings. The Hall–Kier alpha value is -1.61. The molecule has 1 N–H and O–H groups in total. The van der Waals surface area contributed by atoms with E-state index in [1.165, 1.54) is 0 Å². The standard InChI is InChI=1S/C16H16BrNO/c1-11-7-8-12(2)15(9-11)18-16(19)10-13-5-3-4-6-14(13)17/h3-9H,10H2,1-2H3,(H,18,19). The molecule has 0 saturated carbocycles. The minimum Gasteiger partial charge on any atom is -0.326 e. The second-order valence-electron chi connectivity index (χ2n) is 4.63. The van der Waals surface area contributed by atoms with Crippen LogP contribution in [0.25, 0.3) is 0 Å². The molecule has 3 heteroatoms. The molecule has 0 aliphatic carbocycles. The Labute approximate surface area is 122 Å². The summed E-state index contributed by atoms with van der Waals surface area (Å²) in [6.07, 6.45) is 0.370. The van der Waals surface area contributed by atoms with Crippen molar-refractivity contribution in [1.29, 1.82) is 0 Å². The van der Waals surface area contributed by atoms with E-state index in [1.807, 2.05) is 56.3 Å². The van der Waals surface area contributed by atoms with Crippen LogP contribution in [0.2, 0.25) is 0 Å². The minimum absolute atomic E-state index is 0.000556. The van der Waals surface area contributed by atoms with Crippen molar-refractivity contribution in [3.8, 4) is 0 Å². The van der Waals surface area contributed by atoms with Gasteiger partial charge in [-0.25, -0.2) is 0 Å². The highest BCUT2D eigenvalue weighted by Crippen LogP contribution is 2.19. The number of hydrogen-bond acceptors (Lipinski definition) is 1. The molecule has 2 rings (SSSR count). The van der Waals surface area contributed by atoms with Gasteiger partial charge in [-0.05, 0) is 42.7 Å². The zero-order valence-electron chi connectivity index (χ0n) is 11.0. The molecule has 0 heterocycles. The van der Waals surface area contributed by atoms with E-state index >= 15 is 0 Å². The Morgan fingerprint density at radius 2 is 1.89 bits per heavy atom. The molecule has 0 unspecified atom stereocenters. The summed E-state index contributed by atoms with van der Waals surface area (Å²) in [5, 5.41) is 2.97. The van der Waals surface area contributed by atoms with Gasteiger partial charge >= 0.3 is 0 Å². The van der Waals surface area contributed by atoms with Crippen LogP contribution in [0, 0.1) is 13.8 Å². The predicted octanol–water partition coefficient (Wildman–Crippen LogP) is 4.25. The average Bonchev–Trinajstić information content (AvgIpc) is 2.37. The molecule has 2 nitrogen and oxygen atoms in total. The van der Waals surface area contributed by atoms with Crippen LogP contribution in [-0.4, -0.2) is 5.91 Å². The van der Waals surface area contributed by atoms with E-state index in [2.05, 4.69) is 21.2 Å². The van der Waals surface area contributed by atoms with E-state index in [4.69, 9.17) is 0 Å². The van der Waals surface area contributed by atoms with Crippen molar-refractivity contribution >= 4 is 27.5 Å². The quantitative estimate of drug-likeness (QED) is 0.901. The van der Waals surface area contributed by atoms with Crippen molar-refractivity contribution in [2.45, 2.75) is 20.3 Å². The third-order valence-electron chi connectivity index (χ3n) is 2.98. The number of aryl methyl sites for hydroxylation is 2. The van der Waals surface area contributed by atoms with Crippen LogP contribution >= 0.6 is 15.9 Å². The second-order valence-corrected chi connectivity index (χ2v) is 5.49. The highest BCUT2D eigenvalue weighted by atomic mass is 79.9. The first-order chi connectivity index (χ1) is 9.06. The maximum Gasteiger partial charge on any atom is 0.228 e. The molecule has 0 aromatic heterocycles. The van der Waals surface area contributed by atoms with Crippen molar-refractivity contribution in [2.24, 2.45) is 0 Å². The molecule has 2 aromatic carbocycles. The van der Waals surface area contributed by atoms with Gasteiger partial charge in [-0.15, -0.1) is 0 Å². The summed E-state index contributed by atoms with van der Waals surface area (Å²) in [6, 6.07) is 13.8. The minimum atomic E-state index is 0.000556. The van der Waals surface area contributed by atoms with Gasteiger partial charge in [0, 0.05) is 10.2 Å². The third kappa shape index (κ3) is 3.67. The average molecular weight is 318 g/mol. The van der Waals surface area contributed by atoms with E-state index in [0.29, 0.717) is 6.42 Å². The molecule has 98 valence electrons. The van der Waals surface area contributed by atoms with E-state index in [9.17, 15) is 4.79 Å². The van der Waals surface area contributed by atoms with Crippen LogP contribution in [0.3, 0.4) is 0 Å². The van der Waals surface area contributed by atoms with Crippen LogP contribution in [-0.2, 0) is 11.2 Å². The number of carbonyl (C=O) groups excluding carboxylic acids is 1. The van der Waals surface area contributed by atoms with Gasteiger partial charge < -0.3 is 5.32 Å². The molecule has 0 saturated heterocycles. The highest BCUT2D eigenvalue weighted by molar-refractivity contribution is 9.10. The Balaban J connectivity index is 2.10. The van der Waals surface area contributed by atoms with Crippen LogP contribution < -0.4 is 5.32 Å². The van der Waals surface area contributed by atoms with Gasteiger partial charge in [-0.1, -0.05) is 46.3 Å². The van der Waals surface area contributed by atoms with E-state index in [-0.39, 0.29) is 5.91 Å². The lowest BCUT2D eigenvalue weighted by Gasteiger charge is -2.10. The van der Waals surface area contributed by atoms with E-state index < -0.39 is 0 Å². The Morgan fingerprint density at radius 3 is 2.63 bits per heavy atom. The molecule has 0 aliphatic heterocycles. The summed E-state index contributed by atoms with van der Waals surface area (Å²) < 4.78 is 0.964. The topological polar surface area (TPSA) is 29.1 Å². The van der Waals surface area contributed by atoms with Crippen molar-refractivity contribution in [1.82, 2.24) is 0 Å². The van der Waals surface area contributed by atoms with Gasteiger partial charge in [-0.2, -0.15) is 0 Å². The predicted molar refractivity (Wildman–Crippen MR) is 82.4 cm³/mol. The van der Waals surface area contributed by atoms with Crippen LogP contribution in [0.4, 0.5) is 5.69 Å². The Bertz CT molecular complexity index is 607. The zero-order valence-corrected chi connectivity index (χ0v) is 12.6. The fraction of sp³-hybridized carbons (Fsp3) is 0.188. The molecule has 19 heavy (non-hydrogen) atoms. The van der Waals surface area contributed by atoms with Crippen LogP contribution in [0.1, 0.15) is 16.7 Å². The van der Waals surface area contributed by atoms with Crippen LogP contribution in [0.15, 0.2) is 46.9 Å². The maximum absolute atomic E-state index is 12.1. The summed E-state index contributed by atoms with van der Waals surface area (Å²) in [6.45, 7) is 4.01. The summed E-state index contributed by atoms with van der Waals surface area (Å²) >= 11 is 3.46. The normalized spacial score (nSPS) is 10.3. The molecule has 1 amide bonds. The number of hydrogen-bond donors (Lipinski definition) is 1. The number of rotatable bonds is 3. The van der Waals surface area contributed by atoms with Gasteiger partial charge in [0.2, 0.25) is 5.91 Å². The number of anilines is 1. The number of amides is 1. The van der Waals surface area contributed by atoms with Crippen molar-refractivity contribution in [3.05, 3.63) is 63.6 Å². The second kappa shape index (κ2) is 6.02. The van der Waals surface area contributed by atoms with Gasteiger partial charge in [0.25, 0.3) is 0 Å². The molecule has 2 aromatic rings. The number of carbonyl (C=O) groups is 1. The number of benzene rings is 2. The van der Waals surface area contributed by atoms with Crippen molar-refractivity contribution in [3.63, 3.8) is 0 Å². The van der Waals surface area contributed by atoms with Crippen molar-refractivity contribution < 1.29 is 4.79 Å². The Morgan fingerprint density at radius 1 is 1.16 bits per heavy atom. The lowest BCUT2D eigenvalue weighted by molar-refractivity contribution is -0.115. The number of halogens is 1. The lowest BCUT2D eigenvalue weighted by Crippen LogP contribution is -2.15. The van der Waals surface area contributed by atoms with Crippen molar-refractivity contribution in [2.75, 3.05) is 5.32 Å². The Kier molecular flexibility index (Phi) is 4.38. The molecule has 0 spiro atoms. The smallest absolute Gasteiger partial charge is 0.228 e. The van der Waals surface area contributed by atoms with E-state index in [0.717, 1.165) is 26.9 Å². The largest absolute Gasteiger partial charge is 0.326 e.